The minimum Gasteiger partial charge on any atom is -0.497 e. The van der Waals surface area contributed by atoms with E-state index >= 15 is 0 Å². The van der Waals surface area contributed by atoms with Gasteiger partial charge in [-0.15, -0.1) is 0 Å². The predicted octanol–water partition coefficient (Wildman–Crippen LogP) is 5.39. The van der Waals surface area contributed by atoms with E-state index in [1.54, 1.807) is 12.1 Å². The van der Waals surface area contributed by atoms with Gasteiger partial charge in [-0.05, 0) is 56.2 Å². The number of hydrogen-bond acceptors (Lipinski definition) is 8. The monoisotopic (exact) mass is 703 g/mol. The second kappa shape index (κ2) is 16.9. The van der Waals surface area contributed by atoms with E-state index in [9.17, 15) is 18.0 Å². The predicted molar refractivity (Wildman–Crippen MR) is 193 cm³/mol. The first-order chi connectivity index (χ1) is 23.9. The summed E-state index contributed by atoms with van der Waals surface area (Å²) in [5.41, 5.74) is 2.65. The SMILES string of the molecule is COc1ccc(OC)c(N(CC(=O)N(Cc2cccc(C)c2)[C@@H](Cc2ccccc2)C(=O)NC(C)C)S(=O)(=O)c2ccc(OC)c(OC)c2)c1. The van der Waals surface area contributed by atoms with Gasteiger partial charge < -0.3 is 29.2 Å². The molecule has 0 bridgehead atoms. The van der Waals surface area contributed by atoms with Crippen LogP contribution in [0.15, 0.2) is 95.9 Å². The molecule has 0 saturated carbocycles. The van der Waals surface area contributed by atoms with Crippen molar-refractivity contribution in [1.29, 1.82) is 0 Å². The summed E-state index contributed by atoms with van der Waals surface area (Å²) < 4.78 is 52.1. The van der Waals surface area contributed by atoms with Crippen LogP contribution in [-0.2, 0) is 32.6 Å². The van der Waals surface area contributed by atoms with E-state index in [1.807, 2.05) is 75.4 Å². The number of rotatable bonds is 16. The Labute approximate surface area is 294 Å². The van der Waals surface area contributed by atoms with E-state index in [2.05, 4.69) is 5.32 Å². The average Bonchev–Trinajstić information content (AvgIpc) is 3.11. The number of carbonyl (C=O) groups excluding carboxylic acids is 2. The van der Waals surface area contributed by atoms with Gasteiger partial charge in [0.05, 0.1) is 39.0 Å². The van der Waals surface area contributed by atoms with Crippen LogP contribution < -0.4 is 28.6 Å². The van der Waals surface area contributed by atoms with E-state index in [4.69, 9.17) is 18.9 Å². The summed E-state index contributed by atoms with van der Waals surface area (Å²) in [4.78, 5) is 30.1. The highest BCUT2D eigenvalue weighted by Gasteiger charge is 2.36. The molecule has 266 valence electrons. The molecule has 1 N–H and O–H groups in total. The summed E-state index contributed by atoms with van der Waals surface area (Å²) in [7, 11) is 1.22. The van der Waals surface area contributed by atoms with Crippen molar-refractivity contribution in [3.05, 3.63) is 108 Å². The minimum atomic E-state index is -4.49. The molecule has 0 aliphatic heterocycles. The van der Waals surface area contributed by atoms with Crippen LogP contribution in [0, 0.1) is 6.92 Å². The molecule has 0 saturated heterocycles. The third-order valence-corrected chi connectivity index (χ3v) is 9.77. The van der Waals surface area contributed by atoms with Crippen molar-refractivity contribution in [2.45, 2.75) is 50.7 Å². The molecule has 4 rings (SSSR count). The highest BCUT2D eigenvalue weighted by atomic mass is 32.2. The van der Waals surface area contributed by atoms with Gasteiger partial charge in [-0.3, -0.25) is 13.9 Å². The van der Waals surface area contributed by atoms with Crippen molar-refractivity contribution in [2.75, 3.05) is 39.3 Å². The lowest BCUT2D eigenvalue weighted by atomic mass is 10.0. The fourth-order valence-corrected chi connectivity index (χ4v) is 6.98. The largest absolute Gasteiger partial charge is 0.497 e. The summed E-state index contributed by atoms with van der Waals surface area (Å²) >= 11 is 0. The Morgan fingerprint density at radius 2 is 1.40 bits per heavy atom. The molecule has 11 nitrogen and oxygen atoms in total. The lowest BCUT2D eigenvalue weighted by Crippen LogP contribution is -2.54. The first-order valence-electron chi connectivity index (χ1n) is 16.1. The highest BCUT2D eigenvalue weighted by Crippen LogP contribution is 2.38. The van der Waals surface area contributed by atoms with Crippen molar-refractivity contribution in [1.82, 2.24) is 10.2 Å². The zero-order chi connectivity index (χ0) is 36.4. The maximum absolute atomic E-state index is 14.8. The second-order valence-electron chi connectivity index (χ2n) is 11.9. The van der Waals surface area contributed by atoms with Gasteiger partial charge in [0.25, 0.3) is 10.0 Å². The van der Waals surface area contributed by atoms with Crippen LogP contribution in [0.3, 0.4) is 0 Å². The Morgan fingerprint density at radius 1 is 0.740 bits per heavy atom. The van der Waals surface area contributed by atoms with E-state index in [0.29, 0.717) is 11.5 Å². The quantitative estimate of drug-likeness (QED) is 0.165. The lowest BCUT2D eigenvalue weighted by Gasteiger charge is -2.34. The van der Waals surface area contributed by atoms with E-state index in [0.717, 1.165) is 21.0 Å². The summed E-state index contributed by atoms with van der Waals surface area (Å²) in [5, 5.41) is 2.97. The fourth-order valence-electron chi connectivity index (χ4n) is 5.55. The van der Waals surface area contributed by atoms with Crippen LogP contribution in [0.2, 0.25) is 0 Å². The smallest absolute Gasteiger partial charge is 0.265 e. The van der Waals surface area contributed by atoms with Gasteiger partial charge in [0, 0.05) is 31.1 Å². The third-order valence-electron chi connectivity index (χ3n) is 8.01. The summed E-state index contributed by atoms with van der Waals surface area (Å²) in [6.07, 6.45) is 0.196. The van der Waals surface area contributed by atoms with Crippen LogP contribution in [0.1, 0.15) is 30.5 Å². The summed E-state index contributed by atoms with van der Waals surface area (Å²) in [6.45, 7) is 5.00. The number of sulfonamides is 1. The molecular weight excluding hydrogens is 658 g/mol. The van der Waals surface area contributed by atoms with E-state index < -0.39 is 28.5 Å². The number of ether oxygens (including phenoxy) is 4. The standard InChI is InChI=1S/C38H45N3O8S/c1-26(2)39-38(43)33(21-28-13-9-8-10-14-28)40(24-29-15-11-12-27(3)20-29)37(42)25-41(32-22-30(46-4)16-18-34(32)47-5)50(44,45)31-17-19-35(48-6)36(23-31)49-7/h8-20,22-23,26,33H,21,24-25H2,1-7H3,(H,39,43)/t33-/m0/s1. The van der Waals surface area contributed by atoms with Gasteiger partial charge in [-0.1, -0.05) is 60.2 Å². The number of nitrogens with one attached hydrogen (secondary N) is 1. The molecule has 12 heteroatoms. The number of carbonyl (C=O) groups is 2. The Bertz CT molecular complexity index is 1880. The van der Waals surface area contributed by atoms with Crippen LogP contribution in [-0.4, -0.2) is 72.2 Å². The van der Waals surface area contributed by atoms with E-state index in [-0.39, 0.29) is 47.0 Å². The van der Waals surface area contributed by atoms with Gasteiger partial charge >= 0.3 is 0 Å². The number of amides is 2. The summed E-state index contributed by atoms with van der Waals surface area (Å²) in [6, 6.07) is 24.7. The van der Waals surface area contributed by atoms with Gasteiger partial charge in [-0.25, -0.2) is 8.42 Å². The molecule has 0 radical (unpaired) electrons. The van der Waals surface area contributed by atoms with Crippen molar-refractivity contribution < 1.29 is 37.0 Å². The first-order valence-corrected chi connectivity index (χ1v) is 17.5. The Hall–Kier alpha value is -5.23. The van der Waals surface area contributed by atoms with Gasteiger partial charge in [-0.2, -0.15) is 0 Å². The number of aryl methyl sites for hydroxylation is 1. The van der Waals surface area contributed by atoms with Crippen molar-refractivity contribution in [3.63, 3.8) is 0 Å². The van der Waals surface area contributed by atoms with Gasteiger partial charge in [0.2, 0.25) is 11.8 Å². The molecule has 0 unspecified atom stereocenters. The Morgan fingerprint density at radius 3 is 2.02 bits per heavy atom. The zero-order valence-electron chi connectivity index (χ0n) is 29.5. The van der Waals surface area contributed by atoms with Gasteiger partial charge in [0.15, 0.2) is 11.5 Å². The molecule has 2 amide bonds. The normalized spacial score (nSPS) is 11.8. The summed E-state index contributed by atoms with van der Waals surface area (Å²) in [5.74, 6) is 0.0735. The number of anilines is 1. The fraction of sp³-hybridized carbons (Fsp3) is 0.316. The molecule has 0 aromatic heterocycles. The molecule has 4 aromatic carbocycles. The number of benzene rings is 4. The number of nitrogens with zero attached hydrogens (tertiary/aromatic N) is 2. The highest BCUT2D eigenvalue weighted by molar-refractivity contribution is 7.92. The molecule has 0 heterocycles. The van der Waals surface area contributed by atoms with Gasteiger partial charge in [0.1, 0.15) is 24.1 Å². The maximum Gasteiger partial charge on any atom is 0.265 e. The molecule has 0 aliphatic rings. The first kappa shape index (κ1) is 37.6. The maximum atomic E-state index is 14.8. The molecule has 0 fully saturated rings. The minimum absolute atomic E-state index is 0.0447. The van der Waals surface area contributed by atoms with Crippen LogP contribution in [0.5, 0.6) is 23.0 Å². The van der Waals surface area contributed by atoms with Crippen LogP contribution in [0.25, 0.3) is 0 Å². The average molecular weight is 704 g/mol. The van der Waals surface area contributed by atoms with Crippen LogP contribution >= 0.6 is 0 Å². The third kappa shape index (κ3) is 9.06. The number of methoxy groups -OCH3 is 4. The number of hydrogen-bond donors (Lipinski definition) is 1. The Balaban J connectivity index is 1.90. The zero-order valence-corrected chi connectivity index (χ0v) is 30.3. The molecule has 50 heavy (non-hydrogen) atoms. The van der Waals surface area contributed by atoms with Crippen LogP contribution in [0.4, 0.5) is 5.69 Å². The second-order valence-corrected chi connectivity index (χ2v) is 13.8. The molecule has 0 aliphatic carbocycles. The van der Waals surface area contributed by atoms with E-state index in [1.165, 1.54) is 57.6 Å². The van der Waals surface area contributed by atoms with Crippen molar-refractivity contribution in [3.8, 4) is 23.0 Å². The molecule has 4 aromatic rings. The van der Waals surface area contributed by atoms with Crippen molar-refractivity contribution in [2.24, 2.45) is 0 Å². The topological polar surface area (TPSA) is 124 Å². The lowest BCUT2D eigenvalue weighted by molar-refractivity contribution is -0.140. The Kier molecular flexibility index (Phi) is 12.7. The molecule has 0 spiro atoms. The van der Waals surface area contributed by atoms with Crippen molar-refractivity contribution >= 4 is 27.5 Å². The molecular formula is C38H45N3O8S. The molecule has 1 atom stereocenters.